The van der Waals surface area contributed by atoms with Crippen molar-refractivity contribution in [3.8, 4) is 17.7 Å². The van der Waals surface area contributed by atoms with Crippen LogP contribution in [0.2, 0.25) is 0 Å². The number of nitriles is 1. The maximum absolute atomic E-state index is 12.7. The number of methoxy groups -OCH3 is 2. The van der Waals surface area contributed by atoms with Crippen molar-refractivity contribution in [3.63, 3.8) is 0 Å². The van der Waals surface area contributed by atoms with Gasteiger partial charge in [-0.2, -0.15) is 10.2 Å². The van der Waals surface area contributed by atoms with Crippen molar-refractivity contribution >= 4 is 33.8 Å². The lowest BCUT2D eigenvalue weighted by Crippen LogP contribution is -2.19. The van der Waals surface area contributed by atoms with Crippen LogP contribution in [0.15, 0.2) is 29.2 Å². The van der Waals surface area contributed by atoms with Gasteiger partial charge in [0, 0.05) is 0 Å². The summed E-state index contributed by atoms with van der Waals surface area (Å²) >= 11 is 0. The van der Waals surface area contributed by atoms with Gasteiger partial charge in [-0.3, -0.25) is 4.72 Å². The van der Waals surface area contributed by atoms with Crippen LogP contribution in [0.3, 0.4) is 0 Å². The fraction of sp³-hybridized carbons (Fsp3) is 0.176. The van der Waals surface area contributed by atoms with Crippen LogP contribution in [0, 0.1) is 18.3 Å². The summed E-state index contributed by atoms with van der Waals surface area (Å²) in [6.07, 6.45) is -2.52. The lowest BCUT2D eigenvalue weighted by molar-refractivity contribution is 0.109. The number of hydrogen-bond donors (Lipinski definition) is 2. The first-order valence-corrected chi connectivity index (χ1v) is 9.46. The number of anilines is 2. The number of nitrogens with zero attached hydrogens (tertiary/aromatic N) is 2. The molecule has 0 fully saturated rings. The van der Waals surface area contributed by atoms with Crippen LogP contribution in [0.25, 0.3) is 0 Å². The fourth-order valence-electron chi connectivity index (χ4n) is 2.07. The van der Waals surface area contributed by atoms with Gasteiger partial charge < -0.3 is 24.7 Å². The molecule has 3 N–H and O–H groups in total. The molecule has 0 bridgehead atoms. The number of carbonyl (C=O) groups excluding carboxylic acids is 2. The van der Waals surface area contributed by atoms with E-state index < -0.39 is 51.0 Å². The van der Waals surface area contributed by atoms with E-state index in [1.807, 2.05) is 0 Å². The third-order valence-electron chi connectivity index (χ3n) is 3.53. The van der Waals surface area contributed by atoms with E-state index in [1.165, 1.54) is 12.1 Å². The van der Waals surface area contributed by atoms with Gasteiger partial charge in [0.05, 0.1) is 19.1 Å². The van der Waals surface area contributed by atoms with Crippen LogP contribution in [0.5, 0.6) is 11.6 Å². The summed E-state index contributed by atoms with van der Waals surface area (Å²) < 4.78 is 45.6. The zero-order chi connectivity index (χ0) is 22.5. The Morgan fingerprint density at radius 1 is 1.10 bits per heavy atom. The summed E-state index contributed by atoms with van der Waals surface area (Å²) in [5, 5.41) is 9.43. The van der Waals surface area contributed by atoms with E-state index >= 15 is 0 Å². The van der Waals surface area contributed by atoms with Gasteiger partial charge >= 0.3 is 12.3 Å². The number of pyridine rings is 1. The highest BCUT2D eigenvalue weighted by Gasteiger charge is 2.27. The second-order valence-electron chi connectivity index (χ2n) is 5.53. The Morgan fingerprint density at radius 3 is 2.20 bits per heavy atom. The number of aryl methyl sites for hydroxylation is 1. The Bertz CT molecular complexity index is 1120. The Labute approximate surface area is 171 Å². The SMILES string of the molecule is COC(=O)Oc1nc(NS(=O)(=O)c2ccc(C)cc2)c(C#N)c(N)c1OC(=O)OC. The number of rotatable bonds is 5. The minimum absolute atomic E-state index is 0.123. The highest BCUT2D eigenvalue weighted by atomic mass is 32.2. The molecule has 0 aliphatic rings. The summed E-state index contributed by atoms with van der Waals surface area (Å²) in [6.45, 7) is 1.77. The third-order valence-corrected chi connectivity index (χ3v) is 4.89. The molecule has 0 saturated carbocycles. The average Bonchev–Trinajstić information content (AvgIpc) is 2.70. The van der Waals surface area contributed by atoms with Crippen LogP contribution >= 0.6 is 0 Å². The molecule has 2 rings (SSSR count). The number of sulfonamides is 1. The van der Waals surface area contributed by atoms with Crippen molar-refractivity contribution in [2.75, 3.05) is 24.7 Å². The molecule has 12 nitrogen and oxygen atoms in total. The molecule has 0 atom stereocenters. The van der Waals surface area contributed by atoms with E-state index in [0.29, 0.717) is 0 Å². The molecule has 0 radical (unpaired) electrons. The Morgan fingerprint density at radius 2 is 1.67 bits per heavy atom. The number of benzene rings is 1. The summed E-state index contributed by atoms with van der Waals surface area (Å²) in [6, 6.07) is 7.48. The molecule has 0 aliphatic carbocycles. The van der Waals surface area contributed by atoms with E-state index in [4.69, 9.17) is 15.2 Å². The van der Waals surface area contributed by atoms with Crippen LogP contribution in [-0.2, 0) is 19.5 Å². The van der Waals surface area contributed by atoms with E-state index in [2.05, 4.69) is 19.2 Å². The topological polar surface area (TPSA) is 180 Å². The highest BCUT2D eigenvalue weighted by Crippen LogP contribution is 2.39. The average molecular weight is 436 g/mol. The number of nitrogens with one attached hydrogen (secondary N) is 1. The van der Waals surface area contributed by atoms with Gasteiger partial charge in [0.2, 0.25) is 5.75 Å². The first-order valence-electron chi connectivity index (χ1n) is 7.97. The van der Waals surface area contributed by atoms with E-state index in [-0.39, 0.29) is 4.90 Å². The lowest BCUT2D eigenvalue weighted by atomic mass is 10.2. The molecular weight excluding hydrogens is 420 g/mol. The Kier molecular flexibility index (Phi) is 6.65. The molecule has 13 heteroatoms. The number of hydrogen-bond acceptors (Lipinski definition) is 11. The van der Waals surface area contributed by atoms with Crippen LogP contribution < -0.4 is 19.9 Å². The maximum atomic E-state index is 12.7. The summed E-state index contributed by atoms with van der Waals surface area (Å²) in [5.74, 6) is -1.93. The van der Waals surface area contributed by atoms with Crippen molar-refractivity contribution in [3.05, 3.63) is 35.4 Å². The Hall–Kier alpha value is -4.05. The van der Waals surface area contributed by atoms with Crippen LogP contribution in [0.4, 0.5) is 21.1 Å². The Balaban J connectivity index is 2.61. The first-order chi connectivity index (χ1) is 14.1. The molecule has 1 heterocycles. The largest absolute Gasteiger partial charge is 0.515 e. The molecule has 0 unspecified atom stereocenters. The highest BCUT2D eigenvalue weighted by molar-refractivity contribution is 7.92. The van der Waals surface area contributed by atoms with Gasteiger partial charge in [0.1, 0.15) is 17.3 Å². The van der Waals surface area contributed by atoms with E-state index in [1.54, 1.807) is 25.1 Å². The number of carbonyl (C=O) groups is 2. The van der Waals surface area contributed by atoms with Gasteiger partial charge in [0.15, 0.2) is 5.82 Å². The van der Waals surface area contributed by atoms with Crippen molar-refractivity contribution in [1.82, 2.24) is 4.98 Å². The molecule has 158 valence electrons. The lowest BCUT2D eigenvalue weighted by Gasteiger charge is -2.15. The molecule has 0 aliphatic heterocycles. The van der Waals surface area contributed by atoms with Gasteiger partial charge in [-0.15, -0.1) is 0 Å². The third kappa shape index (κ3) is 4.86. The zero-order valence-electron chi connectivity index (χ0n) is 16.0. The van der Waals surface area contributed by atoms with Crippen LogP contribution in [-0.4, -0.2) is 39.9 Å². The number of nitrogens with two attached hydrogens (primary N) is 1. The predicted octanol–water partition coefficient (Wildman–Crippen LogP) is 1.94. The molecule has 1 aromatic heterocycles. The fourth-order valence-corrected chi connectivity index (χ4v) is 3.08. The standard InChI is InChI=1S/C17H16N4O8S/c1-9-4-6-10(7-5-9)30(24,25)21-14-11(8-18)12(19)13(28-16(22)26-2)15(20-14)29-17(23)27-3/h4-7H,1-3H3,(H3,19,20,21). The minimum Gasteiger partial charge on any atom is -0.437 e. The smallest absolute Gasteiger partial charge is 0.437 e. The molecule has 1 aromatic carbocycles. The van der Waals surface area contributed by atoms with Crippen molar-refractivity contribution in [1.29, 1.82) is 5.26 Å². The van der Waals surface area contributed by atoms with Gasteiger partial charge in [0.25, 0.3) is 15.9 Å². The molecule has 0 spiro atoms. The molecule has 2 aromatic rings. The second-order valence-corrected chi connectivity index (χ2v) is 7.21. The van der Waals surface area contributed by atoms with E-state index in [0.717, 1.165) is 19.8 Å². The number of aromatic nitrogens is 1. The summed E-state index contributed by atoms with van der Waals surface area (Å²) in [7, 11) is -2.19. The number of ether oxygens (including phenoxy) is 4. The van der Waals surface area contributed by atoms with Gasteiger partial charge in [-0.05, 0) is 19.1 Å². The van der Waals surface area contributed by atoms with Crippen molar-refractivity contribution < 1.29 is 37.0 Å². The molecular formula is C17H16N4O8S. The van der Waals surface area contributed by atoms with E-state index in [9.17, 15) is 23.3 Å². The predicted molar refractivity (Wildman–Crippen MR) is 101 cm³/mol. The molecule has 0 amide bonds. The molecule has 0 saturated heterocycles. The summed E-state index contributed by atoms with van der Waals surface area (Å²) in [4.78, 5) is 26.6. The number of nitrogen functional groups attached to an aromatic ring is 1. The van der Waals surface area contributed by atoms with Gasteiger partial charge in [-0.1, -0.05) is 17.7 Å². The second kappa shape index (κ2) is 8.97. The normalized spacial score (nSPS) is 10.5. The molecule has 30 heavy (non-hydrogen) atoms. The van der Waals surface area contributed by atoms with Crippen molar-refractivity contribution in [2.24, 2.45) is 0 Å². The van der Waals surface area contributed by atoms with Gasteiger partial charge in [-0.25, -0.2) is 18.0 Å². The van der Waals surface area contributed by atoms with Crippen LogP contribution in [0.1, 0.15) is 11.1 Å². The maximum Gasteiger partial charge on any atom is 0.515 e. The monoisotopic (exact) mass is 436 g/mol. The summed E-state index contributed by atoms with van der Waals surface area (Å²) in [5.41, 5.74) is 5.64. The first kappa shape index (κ1) is 22.2. The quantitative estimate of drug-likeness (QED) is 0.654. The zero-order valence-corrected chi connectivity index (χ0v) is 16.8. The minimum atomic E-state index is -4.19. The van der Waals surface area contributed by atoms with Crippen molar-refractivity contribution in [2.45, 2.75) is 11.8 Å².